The molecular formula is C59H88O14Si. The molecule has 0 aromatic heterocycles. The second-order valence-electron chi connectivity index (χ2n) is 22.4. The Morgan fingerprint density at radius 3 is 2.11 bits per heavy atom. The van der Waals surface area contributed by atoms with Crippen molar-refractivity contribution < 1.29 is 66.5 Å². The molecule has 412 valence electrons. The number of carbonyl (C=O) groups excluding carboxylic acids is 2. The summed E-state index contributed by atoms with van der Waals surface area (Å²) in [6, 6.07) is 17.7. The Kier molecular flexibility index (Phi) is 22.9. The van der Waals surface area contributed by atoms with Gasteiger partial charge in [0.05, 0.1) is 76.3 Å². The number of methoxy groups -OCH3 is 3. The zero-order valence-corrected chi connectivity index (χ0v) is 47.5. The second-order valence-corrected chi connectivity index (χ2v) is 27.1. The first kappa shape index (κ1) is 60.9. The number of aliphatic hydroxyl groups is 1. The summed E-state index contributed by atoms with van der Waals surface area (Å²) in [6.45, 7) is 27.9. The smallest absolute Gasteiger partial charge is 0.330 e. The molecule has 0 radical (unpaired) electrons. The number of esters is 2. The van der Waals surface area contributed by atoms with Gasteiger partial charge in [-0.05, 0) is 92.4 Å². The zero-order valence-electron chi connectivity index (χ0n) is 46.5. The highest BCUT2D eigenvalue weighted by molar-refractivity contribution is 6.74. The normalized spacial score (nSPS) is 25.9. The van der Waals surface area contributed by atoms with Gasteiger partial charge < -0.3 is 56.9 Å². The van der Waals surface area contributed by atoms with Crippen molar-refractivity contribution in [3.63, 3.8) is 0 Å². The summed E-state index contributed by atoms with van der Waals surface area (Å²) in [5.74, 6) is -2.03. The number of benzene rings is 2. The van der Waals surface area contributed by atoms with Gasteiger partial charge in [-0.2, -0.15) is 0 Å². The van der Waals surface area contributed by atoms with Crippen LogP contribution in [0.4, 0.5) is 0 Å². The molecule has 3 saturated heterocycles. The van der Waals surface area contributed by atoms with E-state index in [2.05, 4.69) is 47.0 Å². The van der Waals surface area contributed by atoms with Crippen molar-refractivity contribution in [1.82, 2.24) is 0 Å². The highest BCUT2D eigenvalue weighted by Crippen LogP contribution is 2.50. The van der Waals surface area contributed by atoms with Crippen LogP contribution in [0.3, 0.4) is 0 Å². The summed E-state index contributed by atoms with van der Waals surface area (Å²) in [4.78, 5) is 26.2. The first-order valence-corrected chi connectivity index (χ1v) is 29.2. The van der Waals surface area contributed by atoms with Gasteiger partial charge >= 0.3 is 11.9 Å². The van der Waals surface area contributed by atoms with Crippen LogP contribution in [0.25, 0.3) is 0 Å². The van der Waals surface area contributed by atoms with Crippen LogP contribution < -0.4 is 4.74 Å². The number of hydrogen-bond donors (Lipinski definition) is 1. The molecule has 10 atom stereocenters. The van der Waals surface area contributed by atoms with E-state index in [1.807, 2.05) is 87.5 Å². The highest BCUT2D eigenvalue weighted by atomic mass is 28.4. The molecule has 14 nitrogen and oxygen atoms in total. The lowest BCUT2D eigenvalue weighted by Crippen LogP contribution is -2.63. The average Bonchev–Trinajstić information content (AvgIpc) is 3.34. The maximum absolute atomic E-state index is 13.1. The van der Waals surface area contributed by atoms with E-state index >= 15 is 0 Å². The van der Waals surface area contributed by atoms with E-state index in [-0.39, 0.29) is 55.4 Å². The van der Waals surface area contributed by atoms with E-state index in [0.717, 1.165) is 40.9 Å². The summed E-state index contributed by atoms with van der Waals surface area (Å²) in [7, 11) is 2.09. The van der Waals surface area contributed by atoms with Crippen LogP contribution in [-0.2, 0) is 69.9 Å². The van der Waals surface area contributed by atoms with Crippen molar-refractivity contribution in [3.05, 3.63) is 114 Å². The maximum atomic E-state index is 13.1. The summed E-state index contributed by atoms with van der Waals surface area (Å²) in [6.07, 6.45) is 6.87. The van der Waals surface area contributed by atoms with Crippen LogP contribution in [0.15, 0.2) is 103 Å². The summed E-state index contributed by atoms with van der Waals surface area (Å²) in [5, 5.41) is 9.80. The van der Waals surface area contributed by atoms with E-state index in [0.29, 0.717) is 57.3 Å². The van der Waals surface area contributed by atoms with Crippen LogP contribution in [-0.4, -0.2) is 121 Å². The van der Waals surface area contributed by atoms with Gasteiger partial charge in [-0.25, -0.2) is 4.79 Å². The highest BCUT2D eigenvalue weighted by Gasteiger charge is 2.59. The van der Waals surface area contributed by atoms with Crippen LogP contribution in [0, 0.1) is 5.41 Å². The third kappa shape index (κ3) is 17.5. The molecule has 0 bridgehead atoms. The predicted molar refractivity (Wildman–Crippen MR) is 288 cm³/mol. The number of aliphatic hydroxyl groups excluding tert-OH is 1. The first-order valence-electron chi connectivity index (χ1n) is 26.3. The minimum absolute atomic E-state index is 0.00996. The molecular weight excluding hydrogens is 961 g/mol. The lowest BCUT2D eigenvalue weighted by molar-refractivity contribution is -0.338. The fourth-order valence-corrected chi connectivity index (χ4v) is 11.3. The van der Waals surface area contributed by atoms with E-state index in [9.17, 15) is 14.7 Å². The zero-order chi connectivity index (χ0) is 54.3. The molecule has 3 aliphatic heterocycles. The Labute approximate surface area is 443 Å². The molecule has 74 heavy (non-hydrogen) atoms. The van der Waals surface area contributed by atoms with E-state index < -0.39 is 55.9 Å². The van der Waals surface area contributed by atoms with Crippen molar-refractivity contribution >= 4 is 20.3 Å². The third-order valence-corrected chi connectivity index (χ3v) is 19.4. The standard InChI is InChI=1S/C59H88O14Si/c1-40-28-49(70-51(29-40)35-52-31-41(2)30-50(71-52)34-48(25-27-60)67-38-45-20-22-47(63-10)23-21-45)24-26-58(8,9)59(65-12)56(69-43(4)61)46(33-55(62)64-11)32-53(72-59)36-54(73-74(13,14)57(5,6)7)42(3)68-39-66-37-44-18-16-15-17-19-44/h15-24,26,33,42,48-54,56,60H,1-2,25,27-32,34-39H2,3-14H3/b26-24+,46-33+/t42-,48+,49+,50?,51+,52-,53+,54-,56+,59-/m1/s1. The van der Waals surface area contributed by atoms with Crippen molar-refractivity contribution in [3.8, 4) is 5.75 Å². The summed E-state index contributed by atoms with van der Waals surface area (Å²) in [5.41, 5.74) is 3.70. The summed E-state index contributed by atoms with van der Waals surface area (Å²) < 4.78 is 69.6. The largest absolute Gasteiger partial charge is 0.497 e. The number of ether oxygens (including phenoxy) is 10. The average molecular weight is 1050 g/mol. The Balaban J connectivity index is 1.35. The molecule has 0 aliphatic carbocycles. The monoisotopic (exact) mass is 1050 g/mol. The minimum Gasteiger partial charge on any atom is -0.497 e. The van der Waals surface area contributed by atoms with Gasteiger partial charge in [-0.3, -0.25) is 4.79 Å². The number of rotatable bonds is 26. The minimum atomic E-state index is -2.40. The second kappa shape index (κ2) is 27.9. The van der Waals surface area contributed by atoms with Crippen LogP contribution in [0.2, 0.25) is 18.1 Å². The lowest BCUT2D eigenvalue weighted by Gasteiger charge is -2.53. The van der Waals surface area contributed by atoms with E-state index in [4.69, 9.17) is 51.8 Å². The number of hydrogen-bond acceptors (Lipinski definition) is 14. The van der Waals surface area contributed by atoms with Gasteiger partial charge in [0.2, 0.25) is 5.79 Å². The summed E-state index contributed by atoms with van der Waals surface area (Å²) >= 11 is 0. The van der Waals surface area contributed by atoms with Crippen LogP contribution >= 0.6 is 0 Å². The lowest BCUT2D eigenvalue weighted by atomic mass is 9.73. The molecule has 5 rings (SSSR count). The first-order chi connectivity index (χ1) is 35.0. The molecule has 15 heteroatoms. The molecule has 2 aromatic rings. The van der Waals surface area contributed by atoms with E-state index in [1.165, 1.54) is 27.2 Å². The Bertz CT molecular complexity index is 2170. The predicted octanol–water partition coefficient (Wildman–Crippen LogP) is 11.1. The van der Waals surface area contributed by atoms with Crippen molar-refractivity contribution in [2.75, 3.05) is 34.7 Å². The molecule has 3 fully saturated rings. The van der Waals surface area contributed by atoms with Crippen molar-refractivity contribution in [2.45, 2.75) is 198 Å². The van der Waals surface area contributed by atoms with Gasteiger partial charge in [0.25, 0.3) is 0 Å². The van der Waals surface area contributed by atoms with Gasteiger partial charge in [-0.1, -0.05) is 114 Å². The molecule has 3 heterocycles. The molecule has 0 amide bonds. The van der Waals surface area contributed by atoms with Crippen LogP contribution in [0.5, 0.6) is 5.75 Å². The fraction of sp³-hybridized carbons (Fsp3) is 0.627. The van der Waals surface area contributed by atoms with Gasteiger partial charge in [0, 0.05) is 51.4 Å². The van der Waals surface area contributed by atoms with Crippen molar-refractivity contribution in [1.29, 1.82) is 0 Å². The van der Waals surface area contributed by atoms with Gasteiger partial charge in [0.15, 0.2) is 14.4 Å². The Morgan fingerprint density at radius 2 is 1.49 bits per heavy atom. The topological polar surface area (TPSA) is 156 Å². The Morgan fingerprint density at radius 1 is 0.838 bits per heavy atom. The molecule has 1 unspecified atom stereocenters. The molecule has 0 saturated carbocycles. The molecule has 1 N–H and O–H groups in total. The molecule has 2 aromatic carbocycles. The Hall–Kier alpha value is -4.00. The number of carbonyl (C=O) groups is 2. The molecule has 0 spiro atoms. The fourth-order valence-electron chi connectivity index (χ4n) is 9.87. The van der Waals surface area contributed by atoms with Gasteiger partial charge in [-0.15, -0.1) is 0 Å². The third-order valence-electron chi connectivity index (χ3n) is 14.9. The van der Waals surface area contributed by atoms with E-state index in [1.54, 1.807) is 7.11 Å². The van der Waals surface area contributed by atoms with Gasteiger partial charge in [0.1, 0.15) is 12.5 Å². The quantitative estimate of drug-likeness (QED) is 0.0237. The van der Waals surface area contributed by atoms with Crippen molar-refractivity contribution in [2.24, 2.45) is 5.41 Å². The van der Waals surface area contributed by atoms with Crippen LogP contribution in [0.1, 0.15) is 117 Å². The SMILES string of the molecule is C=C1CC(C[C@H](CCO)OCc2ccc(OC)cc2)O[C@@H](C[C@@H]2CC(=C)C[C@H](/C=C/C(C)(C)[C@]3(OC)O[C@H](C[C@@H](O[Si](C)(C)C(C)(C)C)[C@@H](C)OCOCc4ccccc4)C/C(=C\C(=O)OC)[C@@H]3OC(C)=O)O2)C1. The molecule has 3 aliphatic rings. The maximum Gasteiger partial charge on any atom is 0.330 e.